The lowest BCUT2D eigenvalue weighted by molar-refractivity contribution is 0.166. The van der Waals surface area contributed by atoms with E-state index in [1.807, 2.05) is 0 Å². The van der Waals surface area contributed by atoms with Crippen molar-refractivity contribution in [2.75, 3.05) is 13.7 Å². The van der Waals surface area contributed by atoms with Crippen LogP contribution < -0.4 is 5.73 Å². The summed E-state index contributed by atoms with van der Waals surface area (Å²) in [7, 11) is 1.60. The number of rotatable bonds is 4. The van der Waals surface area contributed by atoms with E-state index in [0.717, 1.165) is 5.82 Å². The fourth-order valence-electron chi connectivity index (χ4n) is 1.48. The lowest BCUT2D eigenvalue weighted by atomic mass is 9.85. The van der Waals surface area contributed by atoms with Gasteiger partial charge < -0.3 is 15.0 Å². The lowest BCUT2D eigenvalue weighted by Crippen LogP contribution is -2.17. The minimum Gasteiger partial charge on any atom is -0.383 e. The molecule has 2 N–H and O–H groups in total. The highest BCUT2D eigenvalue weighted by Crippen LogP contribution is 2.34. The highest BCUT2D eigenvalue weighted by Gasteiger charge is 2.25. The molecule has 0 aromatic carbocycles. The standard InChI is InChI=1S/C9H15N3O2/c1-13-5-7(10)9-11-8(12-14-9)6-3-2-4-6/h6-7H,2-5,10H2,1H3. The average molecular weight is 197 g/mol. The second kappa shape index (κ2) is 4.06. The summed E-state index contributed by atoms with van der Waals surface area (Å²) < 4.78 is 9.99. The van der Waals surface area contributed by atoms with Crippen LogP contribution in [0.2, 0.25) is 0 Å². The van der Waals surface area contributed by atoms with Crippen LogP contribution in [0.1, 0.15) is 42.9 Å². The van der Waals surface area contributed by atoms with Gasteiger partial charge in [0.05, 0.1) is 6.61 Å². The molecule has 1 heterocycles. The summed E-state index contributed by atoms with van der Waals surface area (Å²) in [6.45, 7) is 0.409. The van der Waals surface area contributed by atoms with E-state index in [1.54, 1.807) is 7.11 Å². The number of hydrogen-bond acceptors (Lipinski definition) is 5. The second-order valence-electron chi connectivity index (χ2n) is 3.68. The molecule has 0 spiro atoms. The molecule has 14 heavy (non-hydrogen) atoms. The van der Waals surface area contributed by atoms with E-state index in [4.69, 9.17) is 15.0 Å². The highest BCUT2D eigenvalue weighted by molar-refractivity contribution is 5.01. The summed E-state index contributed by atoms with van der Waals surface area (Å²) in [5.41, 5.74) is 5.76. The van der Waals surface area contributed by atoms with Gasteiger partial charge in [-0.3, -0.25) is 0 Å². The quantitative estimate of drug-likeness (QED) is 0.778. The summed E-state index contributed by atoms with van der Waals surface area (Å²) >= 11 is 0. The van der Waals surface area contributed by atoms with Gasteiger partial charge >= 0.3 is 0 Å². The zero-order valence-corrected chi connectivity index (χ0v) is 8.27. The first-order chi connectivity index (χ1) is 6.81. The van der Waals surface area contributed by atoms with Crippen LogP contribution in [0.4, 0.5) is 0 Å². The van der Waals surface area contributed by atoms with E-state index >= 15 is 0 Å². The molecular formula is C9H15N3O2. The Morgan fingerprint density at radius 2 is 2.43 bits per heavy atom. The predicted molar refractivity (Wildman–Crippen MR) is 49.7 cm³/mol. The SMILES string of the molecule is COCC(N)c1nc(C2CCC2)no1. The summed E-state index contributed by atoms with van der Waals surface area (Å²) in [5.74, 6) is 1.77. The number of nitrogens with two attached hydrogens (primary N) is 1. The van der Waals surface area contributed by atoms with Crippen LogP contribution in [-0.2, 0) is 4.74 Å². The van der Waals surface area contributed by atoms with Crippen LogP contribution in [0.15, 0.2) is 4.52 Å². The number of nitrogens with zero attached hydrogens (tertiary/aromatic N) is 2. The zero-order valence-electron chi connectivity index (χ0n) is 8.27. The maximum atomic E-state index is 5.76. The summed E-state index contributed by atoms with van der Waals surface area (Å²) in [4.78, 5) is 4.27. The van der Waals surface area contributed by atoms with Gasteiger partial charge in [-0.15, -0.1) is 0 Å². The Bertz CT molecular complexity index is 296. The van der Waals surface area contributed by atoms with E-state index in [-0.39, 0.29) is 6.04 Å². The van der Waals surface area contributed by atoms with Crippen molar-refractivity contribution in [3.8, 4) is 0 Å². The predicted octanol–water partition coefficient (Wildman–Crippen LogP) is 0.983. The molecule has 1 aromatic rings. The molecule has 78 valence electrons. The number of aromatic nitrogens is 2. The Labute approximate surface area is 82.6 Å². The van der Waals surface area contributed by atoms with Crippen LogP contribution in [-0.4, -0.2) is 23.9 Å². The molecule has 5 heteroatoms. The average Bonchev–Trinajstić information content (AvgIpc) is 2.50. The van der Waals surface area contributed by atoms with Gasteiger partial charge in [-0.05, 0) is 12.8 Å². The van der Waals surface area contributed by atoms with Crippen LogP contribution >= 0.6 is 0 Å². The van der Waals surface area contributed by atoms with Gasteiger partial charge in [0, 0.05) is 13.0 Å². The van der Waals surface area contributed by atoms with Gasteiger partial charge in [0.25, 0.3) is 0 Å². The number of hydrogen-bond donors (Lipinski definition) is 1. The summed E-state index contributed by atoms with van der Waals surface area (Å²) in [6.07, 6.45) is 3.59. The molecule has 1 atom stereocenters. The Kier molecular flexibility index (Phi) is 2.79. The van der Waals surface area contributed by atoms with Crippen LogP contribution in [0.3, 0.4) is 0 Å². The minimum atomic E-state index is -0.304. The lowest BCUT2D eigenvalue weighted by Gasteiger charge is -2.21. The molecule has 5 nitrogen and oxygen atoms in total. The first-order valence-corrected chi connectivity index (χ1v) is 4.89. The molecule has 1 aliphatic carbocycles. The molecular weight excluding hydrogens is 182 g/mol. The topological polar surface area (TPSA) is 74.2 Å². The maximum Gasteiger partial charge on any atom is 0.245 e. The molecule has 0 bridgehead atoms. The fourth-order valence-corrected chi connectivity index (χ4v) is 1.48. The van der Waals surface area contributed by atoms with Gasteiger partial charge in [-0.25, -0.2) is 0 Å². The molecule has 2 rings (SSSR count). The molecule has 1 aromatic heterocycles. The third kappa shape index (κ3) is 1.78. The van der Waals surface area contributed by atoms with Gasteiger partial charge in [-0.2, -0.15) is 4.98 Å². The molecule has 0 amide bonds. The van der Waals surface area contributed by atoms with Crippen LogP contribution in [0.25, 0.3) is 0 Å². The smallest absolute Gasteiger partial charge is 0.245 e. The van der Waals surface area contributed by atoms with Crippen molar-refractivity contribution in [1.29, 1.82) is 0 Å². The Balaban J connectivity index is 2.01. The van der Waals surface area contributed by atoms with Crippen molar-refractivity contribution < 1.29 is 9.26 Å². The molecule has 1 aliphatic rings. The molecule has 0 aliphatic heterocycles. The van der Waals surface area contributed by atoms with Gasteiger partial charge in [0.1, 0.15) is 6.04 Å². The molecule has 0 radical (unpaired) electrons. The van der Waals surface area contributed by atoms with Crippen molar-refractivity contribution >= 4 is 0 Å². The molecule has 0 saturated heterocycles. The third-order valence-electron chi connectivity index (χ3n) is 2.59. The molecule has 1 fully saturated rings. The summed E-state index contributed by atoms with van der Waals surface area (Å²) in [5, 5.41) is 3.92. The number of ether oxygens (including phenoxy) is 1. The second-order valence-corrected chi connectivity index (χ2v) is 3.68. The van der Waals surface area contributed by atoms with Crippen LogP contribution in [0.5, 0.6) is 0 Å². The highest BCUT2D eigenvalue weighted by atomic mass is 16.5. The van der Waals surface area contributed by atoms with Gasteiger partial charge in [-0.1, -0.05) is 11.6 Å². The van der Waals surface area contributed by atoms with Crippen molar-refractivity contribution in [1.82, 2.24) is 10.1 Å². The van der Waals surface area contributed by atoms with Crippen molar-refractivity contribution in [2.45, 2.75) is 31.2 Å². The van der Waals surface area contributed by atoms with Crippen molar-refractivity contribution in [2.24, 2.45) is 5.73 Å². The first kappa shape index (κ1) is 9.61. The van der Waals surface area contributed by atoms with E-state index in [0.29, 0.717) is 18.4 Å². The van der Waals surface area contributed by atoms with E-state index in [2.05, 4.69) is 10.1 Å². The maximum absolute atomic E-state index is 5.76. The summed E-state index contributed by atoms with van der Waals surface area (Å²) in [6, 6.07) is -0.304. The van der Waals surface area contributed by atoms with E-state index < -0.39 is 0 Å². The van der Waals surface area contributed by atoms with Crippen molar-refractivity contribution in [3.63, 3.8) is 0 Å². The molecule has 1 unspecified atom stereocenters. The fraction of sp³-hybridized carbons (Fsp3) is 0.778. The Hall–Kier alpha value is -0.940. The van der Waals surface area contributed by atoms with E-state index in [9.17, 15) is 0 Å². The van der Waals surface area contributed by atoms with Crippen molar-refractivity contribution in [3.05, 3.63) is 11.7 Å². The molecule has 1 saturated carbocycles. The van der Waals surface area contributed by atoms with E-state index in [1.165, 1.54) is 19.3 Å². The Morgan fingerprint density at radius 1 is 1.64 bits per heavy atom. The van der Waals surface area contributed by atoms with Gasteiger partial charge in [0.2, 0.25) is 5.89 Å². The zero-order chi connectivity index (χ0) is 9.97. The number of methoxy groups -OCH3 is 1. The van der Waals surface area contributed by atoms with Crippen LogP contribution in [0, 0.1) is 0 Å². The van der Waals surface area contributed by atoms with Gasteiger partial charge in [0.15, 0.2) is 5.82 Å². The normalized spacial score (nSPS) is 19.3. The largest absolute Gasteiger partial charge is 0.383 e. The first-order valence-electron chi connectivity index (χ1n) is 4.89. The third-order valence-corrected chi connectivity index (χ3v) is 2.59. The minimum absolute atomic E-state index is 0.304. The Morgan fingerprint density at radius 3 is 3.00 bits per heavy atom. The monoisotopic (exact) mass is 197 g/mol.